The number of anilines is 1. The minimum Gasteiger partial charge on any atom is -0.320 e. The first-order valence-electron chi connectivity index (χ1n) is 8.45. The van der Waals surface area contributed by atoms with E-state index in [1.165, 1.54) is 24.3 Å². The Bertz CT molecular complexity index is 1080. The standard InChI is InChI=1S/C20H21N3O3S/c1-20(2,3)23-27(25,26)16-11-9-15(10-12-16)19(24)22-17-8-4-6-14-7-5-13-21-18(14)17/h4-13,23H,1-3H3,(H,22,24). The summed E-state index contributed by atoms with van der Waals surface area (Å²) in [7, 11) is -3.64. The number of nitrogens with one attached hydrogen (secondary N) is 2. The van der Waals surface area contributed by atoms with Crippen molar-refractivity contribution in [2.75, 3.05) is 5.32 Å². The number of rotatable bonds is 4. The second kappa shape index (κ2) is 7.09. The molecule has 140 valence electrons. The van der Waals surface area contributed by atoms with Crippen molar-refractivity contribution in [1.82, 2.24) is 9.71 Å². The van der Waals surface area contributed by atoms with Gasteiger partial charge in [0.2, 0.25) is 10.0 Å². The predicted octanol–water partition coefficient (Wildman–Crippen LogP) is 3.56. The maximum absolute atomic E-state index is 12.5. The monoisotopic (exact) mass is 383 g/mol. The highest BCUT2D eigenvalue weighted by molar-refractivity contribution is 7.89. The molecular weight excluding hydrogens is 362 g/mol. The molecule has 2 aromatic carbocycles. The maximum Gasteiger partial charge on any atom is 0.255 e. The molecule has 0 bridgehead atoms. The third kappa shape index (κ3) is 4.50. The number of hydrogen-bond donors (Lipinski definition) is 2. The summed E-state index contributed by atoms with van der Waals surface area (Å²) in [5.74, 6) is -0.333. The molecule has 1 amide bonds. The van der Waals surface area contributed by atoms with E-state index >= 15 is 0 Å². The number of amides is 1. The predicted molar refractivity (Wildman–Crippen MR) is 106 cm³/mol. The number of carbonyl (C=O) groups excluding carboxylic acids is 1. The minimum absolute atomic E-state index is 0.112. The molecule has 7 heteroatoms. The van der Waals surface area contributed by atoms with Gasteiger partial charge in [0.1, 0.15) is 0 Å². The van der Waals surface area contributed by atoms with Crippen LogP contribution in [0.4, 0.5) is 5.69 Å². The zero-order chi connectivity index (χ0) is 19.7. The lowest BCUT2D eigenvalue weighted by molar-refractivity contribution is 0.102. The summed E-state index contributed by atoms with van der Waals surface area (Å²) in [6, 6.07) is 15.1. The molecule has 3 aromatic rings. The fourth-order valence-corrected chi connectivity index (χ4v) is 4.07. The zero-order valence-corrected chi connectivity index (χ0v) is 16.2. The number of carbonyl (C=O) groups is 1. The van der Waals surface area contributed by atoms with Gasteiger partial charge in [-0.2, -0.15) is 0 Å². The third-order valence-electron chi connectivity index (χ3n) is 3.75. The average molecular weight is 383 g/mol. The number of hydrogen-bond acceptors (Lipinski definition) is 4. The van der Waals surface area contributed by atoms with Gasteiger partial charge in [-0.25, -0.2) is 13.1 Å². The van der Waals surface area contributed by atoms with Crippen molar-refractivity contribution in [2.45, 2.75) is 31.2 Å². The summed E-state index contributed by atoms with van der Waals surface area (Å²) in [6.45, 7) is 5.31. The molecule has 0 spiro atoms. The van der Waals surface area contributed by atoms with E-state index in [4.69, 9.17) is 0 Å². The normalized spacial score (nSPS) is 12.1. The summed E-state index contributed by atoms with van der Waals surface area (Å²) >= 11 is 0. The van der Waals surface area contributed by atoms with Crippen LogP contribution in [0.5, 0.6) is 0 Å². The fourth-order valence-electron chi connectivity index (χ4n) is 2.65. The smallest absolute Gasteiger partial charge is 0.255 e. The van der Waals surface area contributed by atoms with Crippen molar-refractivity contribution in [3.63, 3.8) is 0 Å². The average Bonchev–Trinajstić information content (AvgIpc) is 2.60. The summed E-state index contributed by atoms with van der Waals surface area (Å²) in [6.07, 6.45) is 1.67. The van der Waals surface area contributed by atoms with Crippen molar-refractivity contribution in [1.29, 1.82) is 0 Å². The van der Waals surface area contributed by atoms with Crippen molar-refractivity contribution in [3.05, 3.63) is 66.4 Å². The highest BCUT2D eigenvalue weighted by Gasteiger charge is 2.22. The molecule has 6 nitrogen and oxygen atoms in total. The van der Waals surface area contributed by atoms with Gasteiger partial charge in [-0.1, -0.05) is 18.2 Å². The Morgan fingerprint density at radius 3 is 2.30 bits per heavy atom. The lowest BCUT2D eigenvalue weighted by atomic mass is 10.1. The Morgan fingerprint density at radius 2 is 1.63 bits per heavy atom. The Hall–Kier alpha value is -2.77. The van der Waals surface area contributed by atoms with E-state index in [-0.39, 0.29) is 10.8 Å². The van der Waals surface area contributed by atoms with Crippen LogP contribution in [-0.4, -0.2) is 24.8 Å². The van der Waals surface area contributed by atoms with Gasteiger partial charge in [-0.3, -0.25) is 9.78 Å². The zero-order valence-electron chi connectivity index (χ0n) is 15.4. The molecule has 2 N–H and O–H groups in total. The lowest BCUT2D eigenvalue weighted by Crippen LogP contribution is -2.40. The number of benzene rings is 2. The largest absolute Gasteiger partial charge is 0.320 e. The molecule has 0 saturated heterocycles. The number of sulfonamides is 1. The van der Waals surface area contributed by atoms with Gasteiger partial charge < -0.3 is 5.32 Å². The van der Waals surface area contributed by atoms with Crippen LogP contribution >= 0.6 is 0 Å². The number of pyridine rings is 1. The molecule has 0 atom stereocenters. The first-order chi connectivity index (χ1) is 12.7. The van der Waals surface area contributed by atoms with Gasteiger partial charge in [0.15, 0.2) is 0 Å². The second-order valence-electron chi connectivity index (χ2n) is 7.21. The quantitative estimate of drug-likeness (QED) is 0.721. The number of aromatic nitrogens is 1. The Morgan fingerprint density at radius 1 is 0.963 bits per heavy atom. The molecule has 1 aromatic heterocycles. The van der Waals surface area contributed by atoms with E-state index in [2.05, 4.69) is 15.0 Å². The van der Waals surface area contributed by atoms with E-state index in [1.807, 2.05) is 24.3 Å². The molecule has 0 aliphatic carbocycles. The number of nitrogens with zero attached hydrogens (tertiary/aromatic N) is 1. The van der Waals surface area contributed by atoms with Crippen LogP contribution in [-0.2, 0) is 10.0 Å². The van der Waals surface area contributed by atoms with Crippen LogP contribution in [0.2, 0.25) is 0 Å². The van der Waals surface area contributed by atoms with E-state index in [0.29, 0.717) is 16.8 Å². The van der Waals surface area contributed by atoms with Crippen LogP contribution in [0.1, 0.15) is 31.1 Å². The number of para-hydroxylation sites is 1. The van der Waals surface area contributed by atoms with Gasteiger partial charge in [0.25, 0.3) is 5.91 Å². The van der Waals surface area contributed by atoms with Crippen molar-refractivity contribution >= 4 is 32.5 Å². The van der Waals surface area contributed by atoms with E-state index in [1.54, 1.807) is 33.0 Å². The first kappa shape index (κ1) is 19.0. The second-order valence-corrected chi connectivity index (χ2v) is 8.90. The van der Waals surface area contributed by atoms with Gasteiger partial charge in [0, 0.05) is 22.7 Å². The SMILES string of the molecule is CC(C)(C)NS(=O)(=O)c1ccc(C(=O)Nc2cccc3cccnc23)cc1. The fraction of sp³-hybridized carbons (Fsp3) is 0.200. The summed E-state index contributed by atoms with van der Waals surface area (Å²) in [4.78, 5) is 17.0. The van der Waals surface area contributed by atoms with Gasteiger partial charge in [0.05, 0.1) is 16.1 Å². The summed E-state index contributed by atoms with van der Waals surface area (Å²) in [5, 5.41) is 3.75. The summed E-state index contributed by atoms with van der Waals surface area (Å²) < 4.78 is 27.3. The van der Waals surface area contributed by atoms with Crippen LogP contribution in [0.15, 0.2) is 65.7 Å². The van der Waals surface area contributed by atoms with Crippen molar-refractivity contribution in [2.24, 2.45) is 0 Å². The molecule has 0 unspecified atom stereocenters. The summed E-state index contributed by atoms with van der Waals surface area (Å²) in [5.41, 5.74) is 1.07. The van der Waals surface area contributed by atoms with Crippen molar-refractivity contribution in [3.8, 4) is 0 Å². The molecule has 0 radical (unpaired) electrons. The molecule has 0 fully saturated rings. The number of fused-ring (bicyclic) bond motifs is 1. The molecule has 0 saturated carbocycles. The Labute approximate surface area is 158 Å². The first-order valence-corrected chi connectivity index (χ1v) is 9.93. The minimum atomic E-state index is -3.64. The van der Waals surface area contributed by atoms with E-state index in [0.717, 1.165) is 5.39 Å². The van der Waals surface area contributed by atoms with Crippen LogP contribution in [0, 0.1) is 0 Å². The van der Waals surface area contributed by atoms with Crippen molar-refractivity contribution < 1.29 is 13.2 Å². The molecule has 0 aliphatic heterocycles. The van der Waals surface area contributed by atoms with Crippen LogP contribution in [0.25, 0.3) is 10.9 Å². The highest BCUT2D eigenvalue weighted by atomic mass is 32.2. The van der Waals surface area contributed by atoms with Crippen LogP contribution in [0.3, 0.4) is 0 Å². The highest BCUT2D eigenvalue weighted by Crippen LogP contribution is 2.21. The molecule has 27 heavy (non-hydrogen) atoms. The van der Waals surface area contributed by atoms with E-state index in [9.17, 15) is 13.2 Å². The Kier molecular flexibility index (Phi) is 4.99. The molecule has 0 aliphatic rings. The van der Waals surface area contributed by atoms with Gasteiger partial charge >= 0.3 is 0 Å². The van der Waals surface area contributed by atoms with Gasteiger partial charge in [-0.05, 0) is 57.2 Å². The molecular formula is C20H21N3O3S. The topological polar surface area (TPSA) is 88.2 Å². The van der Waals surface area contributed by atoms with E-state index < -0.39 is 15.6 Å². The lowest BCUT2D eigenvalue weighted by Gasteiger charge is -2.20. The van der Waals surface area contributed by atoms with Crippen LogP contribution < -0.4 is 10.0 Å². The molecule has 1 heterocycles. The molecule has 3 rings (SSSR count). The third-order valence-corrected chi connectivity index (χ3v) is 5.52. The Balaban J connectivity index is 1.82. The van der Waals surface area contributed by atoms with Gasteiger partial charge in [-0.15, -0.1) is 0 Å². The maximum atomic E-state index is 12.5.